The van der Waals surface area contributed by atoms with Crippen molar-refractivity contribution in [3.63, 3.8) is 0 Å². The molecule has 1 amide bonds. The molecule has 1 aliphatic heterocycles. The van der Waals surface area contributed by atoms with Gasteiger partial charge in [-0.05, 0) is 43.4 Å². The van der Waals surface area contributed by atoms with Crippen LogP contribution in [0.3, 0.4) is 0 Å². The fraction of sp³-hybridized carbons (Fsp3) is 0.611. The van der Waals surface area contributed by atoms with E-state index in [1.807, 2.05) is 0 Å². The molecular weight excluding hydrogens is 371 g/mol. The zero-order chi connectivity index (χ0) is 18.7. The second kappa shape index (κ2) is 8.15. The number of nitrogens with one attached hydrogen (secondary N) is 1. The molecule has 0 bridgehead atoms. The van der Waals surface area contributed by atoms with Crippen LogP contribution in [0.5, 0.6) is 0 Å². The van der Waals surface area contributed by atoms with Crippen molar-refractivity contribution in [3.8, 4) is 0 Å². The van der Waals surface area contributed by atoms with Crippen LogP contribution in [0, 0.1) is 0 Å². The predicted molar refractivity (Wildman–Crippen MR) is 90.0 cm³/mol. The van der Waals surface area contributed by atoms with Crippen LogP contribution in [0.15, 0.2) is 18.2 Å². The van der Waals surface area contributed by atoms with Crippen LogP contribution in [-0.2, 0) is 26.9 Å². The molecule has 4 nitrogen and oxygen atoms in total. The van der Waals surface area contributed by atoms with Crippen molar-refractivity contribution in [1.82, 2.24) is 5.32 Å². The van der Waals surface area contributed by atoms with Crippen molar-refractivity contribution in [2.75, 3.05) is 13.2 Å². The molecule has 1 saturated heterocycles. The number of benzene rings is 1. The highest BCUT2D eigenvalue weighted by molar-refractivity contribution is 6.31. The van der Waals surface area contributed by atoms with Crippen LogP contribution in [0.4, 0.5) is 13.2 Å². The number of carbonyl (C=O) groups is 1. The van der Waals surface area contributed by atoms with E-state index < -0.39 is 11.7 Å². The molecule has 0 radical (unpaired) electrons. The van der Waals surface area contributed by atoms with Gasteiger partial charge < -0.3 is 14.8 Å². The first-order chi connectivity index (χ1) is 12.3. The molecule has 0 aromatic heterocycles. The van der Waals surface area contributed by atoms with E-state index in [0.717, 1.165) is 18.9 Å². The molecule has 1 saturated carbocycles. The van der Waals surface area contributed by atoms with Crippen molar-refractivity contribution in [3.05, 3.63) is 34.3 Å². The smallest absolute Gasteiger partial charge is 0.373 e. The highest BCUT2D eigenvalue weighted by Gasteiger charge is 2.35. The van der Waals surface area contributed by atoms with Crippen LogP contribution in [0.25, 0.3) is 0 Å². The molecule has 144 valence electrons. The average molecular weight is 392 g/mol. The fourth-order valence-electron chi connectivity index (χ4n) is 3.50. The van der Waals surface area contributed by atoms with Crippen molar-refractivity contribution in [1.29, 1.82) is 0 Å². The van der Waals surface area contributed by atoms with Crippen LogP contribution in [-0.4, -0.2) is 37.4 Å². The first-order valence-electron chi connectivity index (χ1n) is 8.71. The second-order valence-corrected chi connectivity index (χ2v) is 7.12. The Kier molecular flexibility index (Phi) is 6.10. The number of hydrogen-bond donors (Lipinski definition) is 1. The van der Waals surface area contributed by atoms with E-state index >= 15 is 0 Å². The van der Waals surface area contributed by atoms with Crippen LogP contribution in [0.1, 0.15) is 36.8 Å². The maximum atomic E-state index is 12.9. The van der Waals surface area contributed by atoms with Gasteiger partial charge in [0.2, 0.25) is 5.91 Å². The minimum absolute atomic E-state index is 0.00779. The average Bonchev–Trinajstić information content (AvgIpc) is 2.60. The molecule has 1 aromatic rings. The van der Waals surface area contributed by atoms with Gasteiger partial charge in [-0.2, -0.15) is 13.2 Å². The van der Waals surface area contributed by atoms with Gasteiger partial charge in [-0.1, -0.05) is 17.7 Å². The summed E-state index contributed by atoms with van der Waals surface area (Å²) in [5.74, 6) is -0.173. The summed E-state index contributed by atoms with van der Waals surface area (Å²) in [6.07, 6.45) is -1.69. The quantitative estimate of drug-likeness (QED) is 0.850. The Morgan fingerprint density at radius 1 is 1.19 bits per heavy atom. The number of rotatable bonds is 4. The fourth-order valence-corrected chi connectivity index (χ4v) is 3.73. The zero-order valence-electron chi connectivity index (χ0n) is 14.2. The van der Waals surface area contributed by atoms with Gasteiger partial charge in [0.15, 0.2) is 0 Å². The minimum atomic E-state index is -4.50. The number of hydrogen-bond acceptors (Lipinski definition) is 3. The monoisotopic (exact) mass is 391 g/mol. The standard InChI is InChI=1S/C18H21ClF3NO3/c19-14-4-1-11(9-13(14)18(20,21)22)2-6-17(24)23-12-3-5-15-16(10-12)26-8-7-25-15/h1,4,9,12,15-16H,2-3,5-8,10H2,(H,23,24)/t12-,15-,16+/m1/s1. The van der Waals surface area contributed by atoms with Crippen molar-refractivity contribution < 1.29 is 27.4 Å². The summed E-state index contributed by atoms with van der Waals surface area (Å²) in [6, 6.07) is 3.76. The summed E-state index contributed by atoms with van der Waals surface area (Å²) in [7, 11) is 0. The second-order valence-electron chi connectivity index (χ2n) is 6.71. The number of amides is 1. The molecule has 3 rings (SSSR count). The SMILES string of the molecule is O=C(CCc1ccc(Cl)c(C(F)(F)F)c1)N[C@@H]1CC[C@H]2OCCO[C@H]2C1. The Bertz CT molecular complexity index is 653. The number of alkyl halides is 3. The highest BCUT2D eigenvalue weighted by atomic mass is 35.5. The molecular formula is C18H21ClF3NO3. The summed E-state index contributed by atoms with van der Waals surface area (Å²) in [5.41, 5.74) is -0.436. The molecule has 26 heavy (non-hydrogen) atoms. The van der Waals surface area contributed by atoms with Gasteiger partial charge >= 0.3 is 6.18 Å². The van der Waals surface area contributed by atoms with Gasteiger partial charge in [-0.3, -0.25) is 4.79 Å². The van der Waals surface area contributed by atoms with E-state index in [9.17, 15) is 18.0 Å². The topological polar surface area (TPSA) is 47.6 Å². The Labute approximate surface area is 155 Å². The highest BCUT2D eigenvalue weighted by Crippen LogP contribution is 2.35. The van der Waals surface area contributed by atoms with Crippen molar-refractivity contribution >= 4 is 17.5 Å². The summed E-state index contributed by atoms with van der Waals surface area (Å²) in [6.45, 7) is 1.18. The molecule has 1 heterocycles. The van der Waals surface area contributed by atoms with E-state index in [2.05, 4.69) is 5.32 Å². The lowest BCUT2D eigenvalue weighted by Crippen LogP contribution is -2.49. The van der Waals surface area contributed by atoms with Crippen LogP contribution < -0.4 is 5.32 Å². The molecule has 0 unspecified atom stereocenters. The maximum absolute atomic E-state index is 12.9. The Morgan fingerprint density at radius 2 is 1.92 bits per heavy atom. The lowest BCUT2D eigenvalue weighted by molar-refractivity contribution is -0.158. The summed E-state index contributed by atoms with van der Waals surface area (Å²) < 4.78 is 50.0. The van der Waals surface area contributed by atoms with Gasteiger partial charge in [-0.15, -0.1) is 0 Å². The zero-order valence-corrected chi connectivity index (χ0v) is 14.9. The third-order valence-electron chi connectivity index (χ3n) is 4.82. The normalized spacial score (nSPS) is 26.2. The summed E-state index contributed by atoms with van der Waals surface area (Å²) in [5, 5.41) is 2.62. The first-order valence-corrected chi connectivity index (χ1v) is 9.09. The van der Waals surface area contributed by atoms with Crippen molar-refractivity contribution in [2.45, 2.75) is 56.5 Å². The number of fused-ring (bicyclic) bond motifs is 1. The molecule has 1 N–H and O–H groups in total. The van der Waals surface area contributed by atoms with Gasteiger partial charge in [0.25, 0.3) is 0 Å². The van der Waals surface area contributed by atoms with Gasteiger partial charge in [0.1, 0.15) is 0 Å². The summed E-state index contributed by atoms with van der Waals surface area (Å²) in [4.78, 5) is 12.2. The van der Waals surface area contributed by atoms with Gasteiger partial charge in [-0.25, -0.2) is 0 Å². The number of halogens is 4. The lowest BCUT2D eigenvalue weighted by Gasteiger charge is -2.39. The van der Waals surface area contributed by atoms with E-state index in [1.54, 1.807) is 0 Å². The lowest BCUT2D eigenvalue weighted by atomic mass is 9.89. The predicted octanol–water partition coefficient (Wildman–Crippen LogP) is 3.74. The molecule has 2 aliphatic rings. The van der Waals surface area contributed by atoms with E-state index in [4.69, 9.17) is 21.1 Å². The maximum Gasteiger partial charge on any atom is 0.417 e. The summed E-state index contributed by atoms with van der Waals surface area (Å²) >= 11 is 5.61. The molecule has 3 atom stereocenters. The number of carbonyl (C=O) groups excluding carboxylic acids is 1. The molecule has 1 aromatic carbocycles. The Morgan fingerprint density at radius 3 is 2.65 bits per heavy atom. The van der Waals surface area contributed by atoms with Gasteiger partial charge in [0.05, 0.1) is 36.0 Å². The molecule has 2 fully saturated rings. The molecule has 8 heteroatoms. The number of ether oxygens (including phenoxy) is 2. The first kappa shape index (κ1) is 19.5. The number of aryl methyl sites for hydroxylation is 1. The van der Waals surface area contributed by atoms with Gasteiger partial charge in [0, 0.05) is 12.5 Å². The van der Waals surface area contributed by atoms with E-state index in [1.165, 1.54) is 12.1 Å². The Balaban J connectivity index is 1.50. The molecule has 0 spiro atoms. The minimum Gasteiger partial charge on any atom is -0.373 e. The van der Waals surface area contributed by atoms with Crippen molar-refractivity contribution in [2.24, 2.45) is 0 Å². The largest absolute Gasteiger partial charge is 0.417 e. The third kappa shape index (κ3) is 4.90. The van der Waals surface area contributed by atoms with E-state index in [0.29, 0.717) is 25.2 Å². The van der Waals surface area contributed by atoms with E-state index in [-0.39, 0.29) is 42.0 Å². The molecule has 1 aliphatic carbocycles. The van der Waals surface area contributed by atoms with Crippen LogP contribution >= 0.6 is 11.6 Å². The Hall–Kier alpha value is -1.31. The third-order valence-corrected chi connectivity index (χ3v) is 5.15. The van der Waals surface area contributed by atoms with Crippen LogP contribution in [0.2, 0.25) is 5.02 Å².